The van der Waals surface area contributed by atoms with Gasteiger partial charge in [-0.3, -0.25) is 9.59 Å². The van der Waals surface area contributed by atoms with Crippen LogP contribution in [0.5, 0.6) is 11.5 Å². The molecule has 2 heterocycles. The molecule has 8 heteroatoms. The van der Waals surface area contributed by atoms with Crippen LogP contribution in [0.3, 0.4) is 0 Å². The Morgan fingerprint density at radius 1 is 0.974 bits per heavy atom. The minimum atomic E-state index is 0. The van der Waals surface area contributed by atoms with Crippen molar-refractivity contribution in [1.82, 2.24) is 14.6 Å². The van der Waals surface area contributed by atoms with Gasteiger partial charge >= 0.3 is 31.1 Å². The van der Waals surface area contributed by atoms with E-state index in [0.29, 0.717) is 29.3 Å². The first-order valence-corrected chi connectivity index (χ1v) is 11.3. The summed E-state index contributed by atoms with van der Waals surface area (Å²) in [5.74, 6) is 1.32. The standard InChI is InChI=1S/C18H19N3O3.C10H10O.2CH3.U/c1-4-5-15(22)13-11-18-19-9-8-14(21(18)20-13)12-6-7-16(23-2)17(10-12)24-3;1-9(8-11)7-10-5-3-2-4-6-10;;;/h6-11H,4-5H2,1-3H3;2-8H,1H3;2*1H3;/q;;2*-1;+2/b;9-7-;;;. The molecule has 0 saturated heterocycles. The van der Waals surface area contributed by atoms with Gasteiger partial charge in [0.2, 0.25) is 0 Å². The smallest absolute Gasteiger partial charge is 0.493 e. The minimum absolute atomic E-state index is 0. The third kappa shape index (κ3) is 8.97. The first kappa shape index (κ1) is 34.8. The van der Waals surface area contributed by atoms with Gasteiger partial charge in [-0.1, -0.05) is 37.3 Å². The van der Waals surface area contributed by atoms with Crippen molar-refractivity contribution < 1.29 is 50.2 Å². The molecule has 4 rings (SSSR count). The van der Waals surface area contributed by atoms with Gasteiger partial charge in [0.1, 0.15) is 12.0 Å². The summed E-state index contributed by atoms with van der Waals surface area (Å²) in [6.07, 6.45) is 5.69. The fraction of sp³-hybridized carbons (Fsp3) is 0.200. The van der Waals surface area contributed by atoms with Crippen molar-refractivity contribution in [2.75, 3.05) is 14.2 Å². The van der Waals surface area contributed by atoms with Gasteiger partial charge in [-0.15, -0.1) is 0 Å². The monoisotopic (exact) mass is 739 g/mol. The van der Waals surface area contributed by atoms with E-state index in [-0.39, 0.29) is 51.7 Å². The molecule has 0 saturated carbocycles. The van der Waals surface area contributed by atoms with E-state index in [9.17, 15) is 9.59 Å². The van der Waals surface area contributed by atoms with Crippen LogP contribution in [0.15, 0.2) is 72.4 Å². The Morgan fingerprint density at radius 3 is 2.26 bits per heavy atom. The molecule has 38 heavy (non-hydrogen) atoms. The number of methoxy groups -OCH3 is 2. The van der Waals surface area contributed by atoms with E-state index in [1.54, 1.807) is 37.9 Å². The molecular weight excluding hydrogens is 704 g/mol. The summed E-state index contributed by atoms with van der Waals surface area (Å²) in [5.41, 5.74) is 4.63. The topological polar surface area (TPSA) is 82.8 Å². The molecule has 0 amide bonds. The zero-order valence-corrected chi connectivity index (χ0v) is 27.1. The summed E-state index contributed by atoms with van der Waals surface area (Å²) in [5, 5.41) is 4.44. The van der Waals surface area contributed by atoms with Crippen LogP contribution in [0.4, 0.5) is 0 Å². The van der Waals surface area contributed by atoms with Gasteiger partial charge in [0.15, 0.2) is 22.9 Å². The molecular formula is C30H35N3O4U. The van der Waals surface area contributed by atoms with Crippen LogP contribution in [-0.2, 0) is 4.79 Å². The van der Waals surface area contributed by atoms with Gasteiger partial charge in [-0.05, 0) is 54.8 Å². The molecule has 0 atom stereocenters. The molecule has 0 aliphatic carbocycles. The van der Waals surface area contributed by atoms with Crippen molar-refractivity contribution in [1.29, 1.82) is 0 Å². The van der Waals surface area contributed by atoms with Gasteiger partial charge in [-0.25, -0.2) is 9.50 Å². The molecule has 7 nitrogen and oxygen atoms in total. The van der Waals surface area contributed by atoms with E-state index >= 15 is 0 Å². The average molecular weight is 740 g/mol. The number of ether oxygens (including phenoxy) is 2. The number of carbonyl (C=O) groups excluding carboxylic acids is 2. The number of hydrogen-bond donors (Lipinski definition) is 0. The number of hydrogen-bond acceptors (Lipinski definition) is 6. The maximum Gasteiger partial charge on any atom is 2.00 e. The molecule has 0 aliphatic heterocycles. The molecule has 198 valence electrons. The molecule has 2 aromatic carbocycles. The van der Waals surface area contributed by atoms with Gasteiger partial charge < -0.3 is 24.3 Å². The predicted molar refractivity (Wildman–Crippen MR) is 150 cm³/mol. The van der Waals surface area contributed by atoms with Crippen molar-refractivity contribution in [2.24, 2.45) is 0 Å². The fourth-order valence-corrected chi connectivity index (χ4v) is 3.45. The Bertz CT molecular complexity index is 1330. The summed E-state index contributed by atoms with van der Waals surface area (Å²) < 4.78 is 12.3. The van der Waals surface area contributed by atoms with Crippen LogP contribution < -0.4 is 9.47 Å². The Kier molecular flexibility index (Phi) is 15.9. The van der Waals surface area contributed by atoms with Crippen LogP contribution in [0.25, 0.3) is 23.0 Å². The minimum Gasteiger partial charge on any atom is -0.493 e. The van der Waals surface area contributed by atoms with Gasteiger partial charge in [0, 0.05) is 24.2 Å². The molecule has 0 bridgehead atoms. The second-order valence-electron chi connectivity index (χ2n) is 7.79. The summed E-state index contributed by atoms with van der Waals surface area (Å²) in [6, 6.07) is 19.0. The van der Waals surface area contributed by atoms with Crippen LogP contribution in [-0.4, -0.2) is 40.9 Å². The molecule has 4 aromatic rings. The van der Waals surface area contributed by atoms with Crippen LogP contribution in [0.1, 0.15) is 42.7 Å². The van der Waals surface area contributed by atoms with Crippen molar-refractivity contribution in [2.45, 2.75) is 26.7 Å². The summed E-state index contributed by atoms with van der Waals surface area (Å²) in [7, 11) is 3.19. The molecule has 0 radical (unpaired) electrons. The largest absolute Gasteiger partial charge is 2.00 e. The van der Waals surface area contributed by atoms with Crippen molar-refractivity contribution in [3.63, 3.8) is 0 Å². The Labute approximate surface area is 249 Å². The number of nitrogens with zero attached hydrogens (tertiary/aromatic N) is 3. The number of Topliss-reactive ketones (excluding diaryl/α,β-unsaturated/α-hetero) is 1. The van der Waals surface area contributed by atoms with E-state index in [1.807, 2.05) is 67.6 Å². The maximum atomic E-state index is 12.1. The zero-order chi connectivity index (χ0) is 25.2. The molecule has 0 fully saturated rings. The quantitative estimate of drug-likeness (QED) is 0.0879. The van der Waals surface area contributed by atoms with E-state index in [1.165, 1.54) is 0 Å². The Balaban J connectivity index is 0.000000838. The fourth-order valence-electron chi connectivity index (χ4n) is 3.45. The second kappa shape index (κ2) is 17.3. The number of rotatable bonds is 8. The maximum absolute atomic E-state index is 12.1. The summed E-state index contributed by atoms with van der Waals surface area (Å²) >= 11 is 0. The van der Waals surface area contributed by atoms with Gasteiger partial charge in [0.05, 0.1) is 19.9 Å². The second-order valence-corrected chi connectivity index (χ2v) is 7.79. The molecule has 0 spiro atoms. The summed E-state index contributed by atoms with van der Waals surface area (Å²) in [6.45, 7) is 3.76. The first-order valence-electron chi connectivity index (χ1n) is 11.3. The number of fused-ring (bicyclic) bond motifs is 1. The van der Waals surface area contributed by atoms with E-state index in [4.69, 9.17) is 9.47 Å². The number of aldehydes is 1. The van der Waals surface area contributed by atoms with Crippen molar-refractivity contribution in [3.8, 4) is 22.8 Å². The molecule has 0 aliphatic rings. The number of ketones is 1. The molecule has 0 N–H and O–H groups in total. The van der Waals surface area contributed by atoms with Gasteiger partial charge in [-0.2, -0.15) is 5.10 Å². The summed E-state index contributed by atoms with van der Waals surface area (Å²) in [4.78, 5) is 26.6. The number of benzene rings is 2. The van der Waals surface area contributed by atoms with E-state index in [2.05, 4.69) is 10.1 Å². The molecule has 2 aromatic heterocycles. The van der Waals surface area contributed by atoms with Crippen LogP contribution in [0.2, 0.25) is 0 Å². The Hall–Kier alpha value is -3.21. The Morgan fingerprint density at radius 2 is 1.66 bits per heavy atom. The zero-order valence-electron chi connectivity index (χ0n) is 22.9. The SMILES string of the molecule is C/C(C=O)=C/c1ccccc1.CCCC(=O)c1cc2nccc(-c3ccc(OC)c(OC)c3)n2n1.[CH3-].[CH3-].[U+2]. The average Bonchev–Trinajstić information content (AvgIpc) is 3.34. The first-order chi connectivity index (χ1) is 17.0. The van der Waals surface area contributed by atoms with Gasteiger partial charge in [0.25, 0.3) is 0 Å². The van der Waals surface area contributed by atoms with E-state index < -0.39 is 0 Å². The van der Waals surface area contributed by atoms with E-state index in [0.717, 1.165) is 35.1 Å². The third-order valence-electron chi connectivity index (χ3n) is 5.18. The number of allylic oxidation sites excluding steroid dienone is 1. The number of carbonyl (C=O) groups is 2. The number of aromatic nitrogens is 3. The molecule has 0 unspecified atom stereocenters. The predicted octanol–water partition coefficient (Wildman–Crippen LogP) is 6.59. The normalized spacial score (nSPS) is 10.1. The van der Waals surface area contributed by atoms with Crippen molar-refractivity contribution in [3.05, 3.63) is 98.5 Å². The third-order valence-corrected chi connectivity index (χ3v) is 5.18. The van der Waals surface area contributed by atoms with Crippen LogP contribution >= 0.6 is 0 Å². The van der Waals surface area contributed by atoms with Crippen molar-refractivity contribution >= 4 is 23.8 Å². The van der Waals surface area contributed by atoms with Crippen LogP contribution in [0, 0.1) is 46.0 Å².